The summed E-state index contributed by atoms with van der Waals surface area (Å²) < 4.78 is 5.39. The van der Waals surface area contributed by atoms with Gasteiger partial charge in [-0.2, -0.15) is 0 Å². The van der Waals surface area contributed by atoms with Crippen molar-refractivity contribution in [3.63, 3.8) is 0 Å². The van der Waals surface area contributed by atoms with Gasteiger partial charge in [0.05, 0.1) is 33.7 Å². The smallest absolute Gasteiger partial charge is 0.310 e. The number of aliphatic carboxylic acids is 2. The molecule has 0 aromatic heterocycles. The second kappa shape index (κ2) is 3.71. The summed E-state index contributed by atoms with van der Waals surface area (Å²) in [6.07, 6.45) is -1.14. The minimum atomic E-state index is -1.11. The Bertz CT molecular complexity index is 290. The van der Waals surface area contributed by atoms with Gasteiger partial charge in [0.25, 0.3) is 0 Å². The fourth-order valence-electron chi connectivity index (χ4n) is 2.26. The van der Waals surface area contributed by atoms with E-state index in [0.717, 1.165) is 0 Å². The molecule has 0 radical (unpaired) electrons. The molecule has 2 N–H and O–H groups in total. The maximum Gasteiger partial charge on any atom is 0.310 e. The quantitative estimate of drug-likeness (QED) is 0.721. The third-order valence-corrected chi connectivity index (χ3v) is 5.80. The summed E-state index contributed by atoms with van der Waals surface area (Å²) in [5, 5.41) is 18.0. The molecule has 84 valence electrons. The number of alkyl halides is 2. The molecule has 0 aromatic rings. The van der Waals surface area contributed by atoms with Crippen LogP contribution in [0.25, 0.3) is 0 Å². The summed E-state index contributed by atoms with van der Waals surface area (Å²) in [4.78, 5) is 21.7. The molecule has 7 heteroatoms. The van der Waals surface area contributed by atoms with E-state index in [1.54, 1.807) is 0 Å². The third-order valence-electron chi connectivity index (χ3n) is 2.91. The second-order valence-corrected chi connectivity index (χ2v) is 5.80. The van der Waals surface area contributed by atoms with E-state index in [4.69, 9.17) is 14.9 Å². The highest BCUT2D eigenvalue weighted by Crippen LogP contribution is 2.49. The molecule has 0 saturated carbocycles. The van der Waals surface area contributed by atoms with E-state index in [0.29, 0.717) is 0 Å². The van der Waals surface area contributed by atoms with Crippen molar-refractivity contribution >= 4 is 43.8 Å². The maximum atomic E-state index is 11.0. The number of rotatable bonds is 2. The van der Waals surface area contributed by atoms with Crippen molar-refractivity contribution in [2.45, 2.75) is 21.9 Å². The molecule has 0 spiro atoms. The van der Waals surface area contributed by atoms with Gasteiger partial charge in [0.15, 0.2) is 0 Å². The zero-order valence-corrected chi connectivity index (χ0v) is 10.5. The first-order valence-electron chi connectivity index (χ1n) is 4.34. The summed E-state index contributed by atoms with van der Waals surface area (Å²) in [6.45, 7) is 0. The number of halogens is 2. The molecular weight excluding hydrogens is 336 g/mol. The largest absolute Gasteiger partial charge is 0.481 e. The van der Waals surface area contributed by atoms with E-state index >= 15 is 0 Å². The van der Waals surface area contributed by atoms with Crippen LogP contribution in [-0.4, -0.2) is 44.0 Å². The first kappa shape index (κ1) is 11.3. The van der Waals surface area contributed by atoms with E-state index in [1.165, 1.54) is 0 Å². The predicted octanol–water partition coefficient (Wildman–Crippen LogP) is 0.696. The summed E-state index contributed by atoms with van der Waals surface area (Å²) in [5.74, 6) is -4.16. The lowest BCUT2D eigenvalue weighted by Gasteiger charge is -2.28. The SMILES string of the molecule is O=C(O)[C@@H]1[C@H]2O[C@@H]([C@@H](Br)[C@H]2Br)[C@@H]1C(=O)O. The van der Waals surface area contributed by atoms with Gasteiger partial charge in [-0.25, -0.2) is 0 Å². The normalized spacial score (nSPS) is 48.1. The highest BCUT2D eigenvalue weighted by atomic mass is 79.9. The van der Waals surface area contributed by atoms with Gasteiger partial charge in [-0.05, 0) is 0 Å². The Labute approximate surface area is 102 Å². The molecule has 0 unspecified atom stereocenters. The molecular formula is C8H8Br2O5. The number of fused-ring (bicyclic) bond motifs is 2. The van der Waals surface area contributed by atoms with Crippen LogP contribution in [0.4, 0.5) is 0 Å². The summed E-state index contributed by atoms with van der Waals surface area (Å²) in [5.41, 5.74) is 0. The van der Waals surface area contributed by atoms with E-state index in [9.17, 15) is 9.59 Å². The molecule has 2 aliphatic rings. The van der Waals surface area contributed by atoms with Crippen LogP contribution in [0.15, 0.2) is 0 Å². The number of hydrogen-bond donors (Lipinski definition) is 2. The predicted molar refractivity (Wildman–Crippen MR) is 56.3 cm³/mol. The van der Waals surface area contributed by atoms with Gasteiger partial charge in [-0.15, -0.1) is 0 Å². The summed E-state index contributed by atoms with van der Waals surface area (Å²) >= 11 is 6.64. The molecule has 0 aliphatic carbocycles. The Morgan fingerprint density at radius 3 is 1.53 bits per heavy atom. The van der Waals surface area contributed by atoms with Crippen LogP contribution in [-0.2, 0) is 14.3 Å². The number of ether oxygens (including phenoxy) is 1. The Morgan fingerprint density at radius 1 is 0.933 bits per heavy atom. The fourth-order valence-corrected chi connectivity index (χ4v) is 3.76. The Balaban J connectivity index is 2.32. The molecule has 5 nitrogen and oxygen atoms in total. The minimum Gasteiger partial charge on any atom is -0.481 e. The van der Waals surface area contributed by atoms with Crippen LogP contribution in [0.2, 0.25) is 0 Å². The van der Waals surface area contributed by atoms with Crippen LogP contribution in [0.5, 0.6) is 0 Å². The van der Waals surface area contributed by atoms with Crippen molar-refractivity contribution in [1.29, 1.82) is 0 Å². The van der Waals surface area contributed by atoms with Gasteiger partial charge in [0.1, 0.15) is 0 Å². The molecule has 2 heterocycles. The maximum absolute atomic E-state index is 11.0. The van der Waals surface area contributed by atoms with Crippen molar-refractivity contribution in [3.8, 4) is 0 Å². The molecule has 6 atom stereocenters. The molecule has 15 heavy (non-hydrogen) atoms. The van der Waals surface area contributed by atoms with E-state index < -0.39 is 36.0 Å². The number of carbonyl (C=O) groups is 2. The van der Waals surface area contributed by atoms with Gasteiger partial charge in [0, 0.05) is 0 Å². The second-order valence-electron chi connectivity index (χ2n) is 3.68. The standard InChI is InChI=1S/C8H8Br2O5/c9-3-4(10)6-2(8(13)14)1(7(11)12)5(3)15-6/h1-6H,(H,11,12)(H,13,14)/t1-,2+,3+,4-,5-,6-/m1/s1. The Morgan fingerprint density at radius 2 is 1.27 bits per heavy atom. The van der Waals surface area contributed by atoms with Crippen molar-refractivity contribution in [3.05, 3.63) is 0 Å². The Hall–Kier alpha value is -0.140. The van der Waals surface area contributed by atoms with Gasteiger partial charge in [-0.1, -0.05) is 31.9 Å². The lowest BCUT2D eigenvalue weighted by atomic mass is 9.79. The average Bonchev–Trinajstić information content (AvgIpc) is 2.64. The first-order chi connectivity index (χ1) is 6.95. The minimum absolute atomic E-state index is 0.154. The van der Waals surface area contributed by atoms with E-state index in [1.807, 2.05) is 0 Å². The number of hydrogen-bond acceptors (Lipinski definition) is 3. The lowest BCUT2D eigenvalue weighted by molar-refractivity contribution is -0.153. The molecule has 2 saturated heterocycles. The Kier molecular flexibility index (Phi) is 2.81. The van der Waals surface area contributed by atoms with Crippen LogP contribution >= 0.6 is 31.9 Å². The molecule has 2 fully saturated rings. The highest BCUT2D eigenvalue weighted by Gasteiger charge is 2.63. The molecule has 2 bridgehead atoms. The molecule has 2 rings (SSSR count). The number of carboxylic acids is 2. The van der Waals surface area contributed by atoms with E-state index in [2.05, 4.69) is 31.9 Å². The highest BCUT2D eigenvalue weighted by molar-refractivity contribution is 9.12. The summed E-state index contributed by atoms with van der Waals surface area (Å²) in [7, 11) is 0. The topological polar surface area (TPSA) is 83.8 Å². The average molecular weight is 344 g/mol. The van der Waals surface area contributed by atoms with Gasteiger partial charge < -0.3 is 14.9 Å². The molecule has 0 amide bonds. The van der Waals surface area contributed by atoms with Gasteiger partial charge >= 0.3 is 11.9 Å². The zero-order valence-electron chi connectivity index (χ0n) is 7.34. The van der Waals surface area contributed by atoms with Crippen LogP contribution in [0.1, 0.15) is 0 Å². The fraction of sp³-hybridized carbons (Fsp3) is 0.750. The monoisotopic (exact) mass is 342 g/mol. The van der Waals surface area contributed by atoms with E-state index in [-0.39, 0.29) is 9.65 Å². The third kappa shape index (κ3) is 1.52. The number of carboxylic acid groups (broad SMARTS) is 2. The zero-order chi connectivity index (χ0) is 11.3. The first-order valence-corrected chi connectivity index (χ1v) is 6.17. The molecule has 2 aliphatic heterocycles. The van der Waals surface area contributed by atoms with Crippen LogP contribution in [0, 0.1) is 11.8 Å². The van der Waals surface area contributed by atoms with Crippen molar-refractivity contribution in [1.82, 2.24) is 0 Å². The van der Waals surface area contributed by atoms with Crippen LogP contribution < -0.4 is 0 Å². The van der Waals surface area contributed by atoms with Gasteiger partial charge in [-0.3, -0.25) is 9.59 Å². The van der Waals surface area contributed by atoms with Gasteiger partial charge in [0.2, 0.25) is 0 Å². The van der Waals surface area contributed by atoms with Crippen molar-refractivity contribution in [2.75, 3.05) is 0 Å². The molecule has 0 aromatic carbocycles. The summed E-state index contributed by atoms with van der Waals surface area (Å²) in [6, 6.07) is 0. The van der Waals surface area contributed by atoms with Crippen molar-refractivity contribution < 1.29 is 24.5 Å². The lowest BCUT2D eigenvalue weighted by Crippen LogP contribution is -2.47. The van der Waals surface area contributed by atoms with Crippen LogP contribution in [0.3, 0.4) is 0 Å². The van der Waals surface area contributed by atoms with Crippen molar-refractivity contribution in [2.24, 2.45) is 11.8 Å².